The van der Waals surface area contributed by atoms with Crippen LogP contribution in [-0.4, -0.2) is 4.57 Å². The van der Waals surface area contributed by atoms with Crippen LogP contribution in [0.15, 0.2) is 218 Å². The first-order valence-corrected chi connectivity index (χ1v) is 23.3. The Hall–Kier alpha value is -7.94. The summed E-state index contributed by atoms with van der Waals surface area (Å²) in [5.74, 6) is 0. The minimum Gasteiger partial charge on any atom is -0.309 e. The second-order valence-corrected chi connectivity index (χ2v) is 19.3. The molecule has 0 aliphatic heterocycles. The van der Waals surface area contributed by atoms with E-state index in [1.807, 2.05) is 0 Å². The first-order chi connectivity index (χ1) is 32.3. The molecule has 10 aromatic carbocycles. The summed E-state index contributed by atoms with van der Waals surface area (Å²) in [5.41, 5.74) is 22.5. The Morgan fingerprint density at radius 1 is 0.333 bits per heavy atom. The molecule has 1 heterocycles. The second-order valence-electron chi connectivity index (χ2n) is 19.3. The van der Waals surface area contributed by atoms with Crippen molar-refractivity contribution in [3.63, 3.8) is 0 Å². The van der Waals surface area contributed by atoms with Gasteiger partial charge >= 0.3 is 0 Å². The van der Waals surface area contributed by atoms with Crippen molar-refractivity contribution in [1.29, 1.82) is 0 Å². The monoisotopic (exact) mass is 844 g/mol. The summed E-state index contributed by atoms with van der Waals surface area (Å²) in [7, 11) is 0. The summed E-state index contributed by atoms with van der Waals surface area (Å²) in [6.07, 6.45) is 0. The van der Waals surface area contributed by atoms with E-state index >= 15 is 0 Å². The molecule has 2 heteroatoms. The molecule has 0 radical (unpaired) electrons. The Labute approximate surface area is 386 Å². The third kappa shape index (κ3) is 5.48. The van der Waals surface area contributed by atoms with E-state index in [0.717, 1.165) is 5.69 Å². The lowest BCUT2D eigenvalue weighted by molar-refractivity contribution is 0.660. The molecule has 0 unspecified atom stereocenters. The van der Waals surface area contributed by atoms with Gasteiger partial charge in [0, 0.05) is 43.8 Å². The molecule has 66 heavy (non-hydrogen) atoms. The molecule has 0 saturated heterocycles. The van der Waals surface area contributed by atoms with Crippen LogP contribution in [0.3, 0.4) is 0 Å². The molecular formula is C64H48N2. The predicted molar refractivity (Wildman–Crippen MR) is 279 cm³/mol. The molecule has 314 valence electrons. The number of para-hydroxylation sites is 1. The van der Waals surface area contributed by atoms with Crippen molar-refractivity contribution in [3.8, 4) is 50.2 Å². The number of hydrogen-bond acceptors (Lipinski definition) is 1. The summed E-state index contributed by atoms with van der Waals surface area (Å²) in [6.45, 7) is 9.49. The van der Waals surface area contributed by atoms with Crippen LogP contribution >= 0.6 is 0 Å². The van der Waals surface area contributed by atoms with Gasteiger partial charge in [-0.1, -0.05) is 198 Å². The average Bonchev–Trinajstić information content (AvgIpc) is 3.91. The SMILES string of the molecule is CC1(C)c2ccccc2-c2c(N(c3ccc(-c4ccc(-n5c6ccccc6c6cc(-c7ccccc7)ccc65)c5ccccc45)cc3)c3cccc4c3-c3ccccc3C4(C)C)cccc21. The Morgan fingerprint density at radius 2 is 0.848 bits per heavy atom. The van der Waals surface area contributed by atoms with Crippen LogP contribution in [0.1, 0.15) is 49.9 Å². The zero-order chi connectivity index (χ0) is 44.3. The van der Waals surface area contributed by atoms with Crippen LogP contribution in [0.5, 0.6) is 0 Å². The van der Waals surface area contributed by atoms with Crippen molar-refractivity contribution in [1.82, 2.24) is 4.57 Å². The molecule has 2 aliphatic rings. The van der Waals surface area contributed by atoms with E-state index in [1.54, 1.807) is 0 Å². The van der Waals surface area contributed by atoms with Crippen molar-refractivity contribution < 1.29 is 0 Å². The molecule has 0 amide bonds. The van der Waals surface area contributed by atoms with Gasteiger partial charge in [-0.15, -0.1) is 0 Å². The van der Waals surface area contributed by atoms with Gasteiger partial charge in [-0.05, 0) is 110 Å². The highest BCUT2D eigenvalue weighted by molar-refractivity contribution is 6.13. The van der Waals surface area contributed by atoms with Crippen molar-refractivity contribution in [3.05, 3.63) is 241 Å². The Bertz CT molecular complexity index is 3650. The molecule has 0 fully saturated rings. The van der Waals surface area contributed by atoms with Gasteiger partial charge in [-0.2, -0.15) is 0 Å². The highest BCUT2D eigenvalue weighted by atomic mass is 15.1. The van der Waals surface area contributed by atoms with E-state index in [-0.39, 0.29) is 10.8 Å². The summed E-state index contributed by atoms with van der Waals surface area (Å²) in [6, 6.07) is 81.2. The Kier molecular flexibility index (Phi) is 8.33. The van der Waals surface area contributed by atoms with Crippen LogP contribution in [0, 0.1) is 0 Å². The fourth-order valence-corrected chi connectivity index (χ4v) is 11.8. The third-order valence-electron chi connectivity index (χ3n) is 15.0. The van der Waals surface area contributed by atoms with Crippen LogP contribution in [0.4, 0.5) is 17.1 Å². The Balaban J connectivity index is 0.980. The van der Waals surface area contributed by atoms with Crippen molar-refractivity contribution in [2.75, 3.05) is 4.90 Å². The standard InChI is InChI=1S/C64H48N2/c1-63(2)52-25-13-10-23-49(52)61-54(63)27-16-30-59(61)65(60-31-17-28-55-62(60)50-24-11-14-26-53(50)64(55,3)4)44-35-32-42(33-36-44)45-37-39-57(47-21-9-8-20-46(45)47)66-56-29-15-12-22-48(56)51-40-43(34-38-58(51)66)41-18-6-5-7-19-41/h5-40H,1-4H3. The van der Waals surface area contributed by atoms with Crippen LogP contribution in [0.2, 0.25) is 0 Å². The van der Waals surface area contributed by atoms with Crippen LogP contribution in [0.25, 0.3) is 82.8 Å². The molecule has 0 N–H and O–H groups in total. The fourth-order valence-electron chi connectivity index (χ4n) is 11.8. The van der Waals surface area contributed by atoms with Gasteiger partial charge in [0.15, 0.2) is 0 Å². The smallest absolute Gasteiger partial charge is 0.0543 e. The van der Waals surface area contributed by atoms with E-state index in [4.69, 9.17) is 0 Å². The zero-order valence-corrected chi connectivity index (χ0v) is 37.7. The normalized spacial score (nSPS) is 14.0. The van der Waals surface area contributed by atoms with Crippen LogP contribution in [-0.2, 0) is 10.8 Å². The van der Waals surface area contributed by atoms with Crippen LogP contribution < -0.4 is 4.90 Å². The predicted octanol–water partition coefficient (Wildman–Crippen LogP) is 17.4. The third-order valence-corrected chi connectivity index (χ3v) is 15.0. The summed E-state index contributed by atoms with van der Waals surface area (Å²) in [5, 5.41) is 4.96. The molecule has 1 aromatic heterocycles. The lowest BCUT2D eigenvalue weighted by atomic mass is 9.82. The highest BCUT2D eigenvalue weighted by Crippen LogP contribution is 2.58. The minimum atomic E-state index is -0.123. The topological polar surface area (TPSA) is 8.17 Å². The maximum atomic E-state index is 2.55. The van der Waals surface area contributed by atoms with Gasteiger partial charge in [0.1, 0.15) is 0 Å². The lowest BCUT2D eigenvalue weighted by Gasteiger charge is -2.31. The van der Waals surface area contributed by atoms with E-state index in [2.05, 4.69) is 256 Å². The first kappa shape index (κ1) is 38.5. The molecule has 2 aliphatic carbocycles. The van der Waals surface area contributed by atoms with Crippen molar-refractivity contribution in [2.24, 2.45) is 0 Å². The molecule has 0 atom stereocenters. The first-order valence-electron chi connectivity index (χ1n) is 23.3. The molecule has 11 aromatic rings. The van der Waals surface area contributed by atoms with E-state index in [0.29, 0.717) is 0 Å². The number of aromatic nitrogens is 1. The number of rotatable bonds is 6. The van der Waals surface area contributed by atoms with E-state index in [9.17, 15) is 0 Å². The van der Waals surface area contributed by atoms with Gasteiger partial charge in [0.25, 0.3) is 0 Å². The van der Waals surface area contributed by atoms with Gasteiger partial charge in [-0.25, -0.2) is 0 Å². The van der Waals surface area contributed by atoms with E-state index in [1.165, 1.54) is 116 Å². The second kappa shape index (κ2) is 14.3. The number of nitrogens with zero attached hydrogens (tertiary/aromatic N) is 2. The largest absolute Gasteiger partial charge is 0.309 e. The van der Waals surface area contributed by atoms with Gasteiger partial charge < -0.3 is 9.47 Å². The number of fused-ring (bicyclic) bond motifs is 10. The number of anilines is 3. The maximum absolute atomic E-state index is 2.55. The molecule has 0 spiro atoms. The maximum Gasteiger partial charge on any atom is 0.0543 e. The highest BCUT2D eigenvalue weighted by Gasteiger charge is 2.40. The van der Waals surface area contributed by atoms with Gasteiger partial charge in [0.05, 0.1) is 28.1 Å². The van der Waals surface area contributed by atoms with Crippen molar-refractivity contribution in [2.45, 2.75) is 38.5 Å². The quantitative estimate of drug-likeness (QED) is 0.162. The number of hydrogen-bond donors (Lipinski definition) is 0. The summed E-state index contributed by atoms with van der Waals surface area (Å²) >= 11 is 0. The summed E-state index contributed by atoms with van der Waals surface area (Å²) in [4.78, 5) is 2.55. The van der Waals surface area contributed by atoms with Crippen molar-refractivity contribution >= 4 is 49.6 Å². The zero-order valence-electron chi connectivity index (χ0n) is 37.7. The Morgan fingerprint density at radius 3 is 1.50 bits per heavy atom. The molecule has 0 saturated carbocycles. The lowest BCUT2D eigenvalue weighted by Crippen LogP contribution is -2.17. The fraction of sp³-hybridized carbons (Fsp3) is 0.0938. The molecule has 2 nitrogen and oxygen atoms in total. The molecule has 13 rings (SSSR count). The molecular weight excluding hydrogens is 797 g/mol. The van der Waals surface area contributed by atoms with Gasteiger partial charge in [0.2, 0.25) is 0 Å². The van der Waals surface area contributed by atoms with Gasteiger partial charge in [-0.3, -0.25) is 0 Å². The van der Waals surface area contributed by atoms with E-state index < -0.39 is 0 Å². The number of benzene rings is 10. The minimum absolute atomic E-state index is 0.123. The average molecular weight is 845 g/mol. The molecule has 0 bridgehead atoms. The summed E-state index contributed by atoms with van der Waals surface area (Å²) < 4.78 is 2.46.